The first-order valence-corrected chi connectivity index (χ1v) is 12.8. The average molecular weight is 327 g/mol. The topological polar surface area (TPSA) is 0 Å². The van der Waals surface area contributed by atoms with Gasteiger partial charge in [0.2, 0.25) is 0 Å². The summed E-state index contributed by atoms with van der Waals surface area (Å²) in [5.74, 6) is 0. The van der Waals surface area contributed by atoms with Gasteiger partial charge in [0.05, 0.1) is 8.07 Å². The van der Waals surface area contributed by atoms with Gasteiger partial charge in [0.25, 0.3) is 0 Å². The van der Waals surface area contributed by atoms with Crippen molar-refractivity contribution in [3.63, 3.8) is 0 Å². The van der Waals surface area contributed by atoms with E-state index in [1.165, 1.54) is 17.5 Å². The van der Waals surface area contributed by atoms with Crippen LogP contribution in [-0.2, 0) is 11.8 Å². The minimum Gasteiger partial charge on any atom is -0.0691 e. The molecular weight excluding hydrogens is 292 g/mol. The SMILES string of the molecule is CCc1ccc2c(c1C)C=C([Si](C)(C)C)C21C(C)(C)CC1(C)C. The Balaban J connectivity index is 2.38. The van der Waals surface area contributed by atoms with Crippen molar-refractivity contribution in [2.24, 2.45) is 10.8 Å². The summed E-state index contributed by atoms with van der Waals surface area (Å²) in [6, 6.07) is 4.88. The van der Waals surface area contributed by atoms with Gasteiger partial charge in [-0.25, -0.2) is 0 Å². The van der Waals surface area contributed by atoms with Gasteiger partial charge in [-0.2, -0.15) is 0 Å². The third-order valence-corrected chi connectivity index (χ3v) is 8.96. The maximum Gasteiger partial charge on any atom is 0.0736 e. The zero-order valence-electron chi connectivity index (χ0n) is 16.6. The molecule has 3 rings (SSSR count). The molecule has 0 radical (unpaired) electrons. The largest absolute Gasteiger partial charge is 0.0736 e. The molecule has 1 aromatic rings. The Bertz CT molecular complexity index is 681. The molecule has 0 aromatic heterocycles. The predicted molar refractivity (Wildman–Crippen MR) is 106 cm³/mol. The van der Waals surface area contributed by atoms with Crippen molar-refractivity contribution in [2.45, 2.75) is 79.4 Å². The van der Waals surface area contributed by atoms with E-state index in [2.05, 4.69) is 79.4 Å². The fraction of sp³-hybridized carbons (Fsp3) is 0.636. The van der Waals surface area contributed by atoms with Crippen molar-refractivity contribution in [3.8, 4) is 0 Å². The standard InChI is InChI=1S/C22H34Si/c1-10-16-11-12-18-17(15(16)2)13-19(23(7,8)9)22(18)20(3,4)14-21(22,5)6/h11-13H,10,14H2,1-9H3. The van der Waals surface area contributed by atoms with Gasteiger partial charge in [-0.15, -0.1) is 0 Å². The number of rotatable bonds is 2. The lowest BCUT2D eigenvalue weighted by molar-refractivity contribution is -0.0852. The highest BCUT2D eigenvalue weighted by Crippen LogP contribution is 2.74. The Labute approximate surface area is 144 Å². The normalized spacial score (nSPS) is 23.4. The summed E-state index contributed by atoms with van der Waals surface area (Å²) < 4.78 is 0. The molecule has 1 saturated carbocycles. The molecule has 1 heteroatoms. The van der Waals surface area contributed by atoms with E-state index in [0.29, 0.717) is 10.8 Å². The molecule has 0 aliphatic heterocycles. The molecule has 1 fully saturated rings. The Morgan fingerprint density at radius 2 is 1.57 bits per heavy atom. The summed E-state index contributed by atoms with van der Waals surface area (Å²) in [5, 5.41) is 1.79. The van der Waals surface area contributed by atoms with E-state index in [4.69, 9.17) is 0 Å². The molecular formula is C22H34Si. The summed E-state index contributed by atoms with van der Waals surface area (Å²) in [4.78, 5) is 0. The first-order valence-electron chi connectivity index (χ1n) is 9.26. The molecule has 126 valence electrons. The van der Waals surface area contributed by atoms with E-state index in [-0.39, 0.29) is 5.41 Å². The summed E-state index contributed by atoms with van der Waals surface area (Å²) in [6.07, 6.45) is 5.07. The van der Waals surface area contributed by atoms with Crippen LogP contribution in [-0.4, -0.2) is 8.07 Å². The molecule has 0 atom stereocenters. The first kappa shape index (κ1) is 17.0. The Kier molecular flexibility index (Phi) is 3.42. The molecule has 0 saturated heterocycles. The number of allylic oxidation sites excluding steroid dienone is 1. The number of hydrogen-bond donors (Lipinski definition) is 0. The molecule has 2 aliphatic rings. The molecule has 0 nitrogen and oxygen atoms in total. The molecule has 2 aliphatic carbocycles. The zero-order chi connectivity index (χ0) is 17.4. The average Bonchev–Trinajstić information content (AvgIpc) is 2.77. The summed E-state index contributed by atoms with van der Waals surface area (Å²) >= 11 is 0. The summed E-state index contributed by atoms with van der Waals surface area (Å²) in [5.41, 5.74) is 7.19. The van der Waals surface area contributed by atoms with E-state index in [1.807, 2.05) is 0 Å². The van der Waals surface area contributed by atoms with Gasteiger partial charge in [0.15, 0.2) is 0 Å². The molecule has 0 bridgehead atoms. The summed E-state index contributed by atoms with van der Waals surface area (Å²) in [6.45, 7) is 22.2. The van der Waals surface area contributed by atoms with Gasteiger partial charge in [-0.3, -0.25) is 0 Å². The number of benzene rings is 1. The maximum atomic E-state index is 2.62. The van der Waals surface area contributed by atoms with E-state index < -0.39 is 8.07 Å². The number of aryl methyl sites for hydroxylation is 1. The molecule has 1 spiro atoms. The fourth-order valence-electron chi connectivity index (χ4n) is 6.48. The minimum atomic E-state index is -1.39. The van der Waals surface area contributed by atoms with Gasteiger partial charge >= 0.3 is 0 Å². The van der Waals surface area contributed by atoms with E-state index in [9.17, 15) is 0 Å². The molecule has 23 heavy (non-hydrogen) atoms. The maximum absolute atomic E-state index is 2.62. The second-order valence-corrected chi connectivity index (χ2v) is 15.2. The van der Waals surface area contributed by atoms with Crippen molar-refractivity contribution in [1.82, 2.24) is 0 Å². The van der Waals surface area contributed by atoms with Crippen LogP contribution >= 0.6 is 0 Å². The Morgan fingerprint density at radius 3 is 2.00 bits per heavy atom. The van der Waals surface area contributed by atoms with Crippen LogP contribution in [0, 0.1) is 17.8 Å². The molecule has 1 aromatic carbocycles. The lowest BCUT2D eigenvalue weighted by Crippen LogP contribution is -2.66. The van der Waals surface area contributed by atoms with Crippen LogP contribution in [0.2, 0.25) is 19.6 Å². The van der Waals surface area contributed by atoms with Gasteiger partial charge < -0.3 is 0 Å². The Hall–Kier alpha value is -0.823. The van der Waals surface area contributed by atoms with E-state index in [1.54, 1.807) is 16.3 Å². The number of hydrogen-bond acceptors (Lipinski definition) is 0. The minimum absolute atomic E-state index is 0.247. The second-order valence-electron chi connectivity index (χ2n) is 10.2. The molecule has 0 amide bonds. The fourth-order valence-corrected chi connectivity index (χ4v) is 9.00. The van der Waals surface area contributed by atoms with Crippen LogP contribution in [0.5, 0.6) is 0 Å². The van der Waals surface area contributed by atoms with Crippen molar-refractivity contribution < 1.29 is 0 Å². The van der Waals surface area contributed by atoms with Gasteiger partial charge in [0, 0.05) is 5.41 Å². The van der Waals surface area contributed by atoms with E-state index in [0.717, 1.165) is 6.42 Å². The lowest BCUT2D eigenvalue weighted by atomic mass is 9.37. The van der Waals surface area contributed by atoms with Crippen molar-refractivity contribution in [1.29, 1.82) is 0 Å². The highest BCUT2D eigenvalue weighted by molar-refractivity contribution is 6.84. The smallest absolute Gasteiger partial charge is 0.0691 e. The molecule has 0 unspecified atom stereocenters. The van der Waals surface area contributed by atoms with Crippen molar-refractivity contribution in [3.05, 3.63) is 39.6 Å². The highest BCUT2D eigenvalue weighted by atomic mass is 28.3. The zero-order valence-corrected chi connectivity index (χ0v) is 17.6. The van der Waals surface area contributed by atoms with Crippen LogP contribution < -0.4 is 0 Å². The van der Waals surface area contributed by atoms with Crippen LogP contribution in [0.4, 0.5) is 0 Å². The third-order valence-electron chi connectivity index (χ3n) is 6.83. The van der Waals surface area contributed by atoms with Gasteiger partial charge in [0.1, 0.15) is 0 Å². The third kappa shape index (κ3) is 1.89. The lowest BCUT2D eigenvalue weighted by Gasteiger charge is -2.69. The van der Waals surface area contributed by atoms with Crippen LogP contribution in [0.25, 0.3) is 6.08 Å². The van der Waals surface area contributed by atoms with Crippen LogP contribution in [0.3, 0.4) is 0 Å². The van der Waals surface area contributed by atoms with Crippen LogP contribution in [0.15, 0.2) is 17.3 Å². The Morgan fingerprint density at radius 1 is 1.00 bits per heavy atom. The predicted octanol–water partition coefficient (Wildman–Crippen LogP) is 6.53. The second kappa shape index (κ2) is 4.62. The van der Waals surface area contributed by atoms with Crippen molar-refractivity contribution >= 4 is 14.1 Å². The van der Waals surface area contributed by atoms with Gasteiger partial charge in [-0.1, -0.05) is 77.7 Å². The van der Waals surface area contributed by atoms with Gasteiger partial charge in [-0.05, 0) is 52.8 Å². The molecule has 0 N–H and O–H groups in total. The van der Waals surface area contributed by atoms with Crippen LogP contribution in [0.1, 0.15) is 63.3 Å². The van der Waals surface area contributed by atoms with E-state index >= 15 is 0 Å². The quantitative estimate of drug-likeness (QED) is 0.542. The van der Waals surface area contributed by atoms with Crippen molar-refractivity contribution in [2.75, 3.05) is 0 Å². The first-order chi connectivity index (χ1) is 10.4. The molecule has 0 heterocycles. The summed E-state index contributed by atoms with van der Waals surface area (Å²) in [7, 11) is -1.39. The number of fused-ring (bicyclic) bond motifs is 2. The highest BCUT2D eigenvalue weighted by Gasteiger charge is 2.70. The monoisotopic (exact) mass is 326 g/mol.